The number of ketones is 2. The monoisotopic (exact) mass is 819 g/mol. The molecule has 58 heavy (non-hydrogen) atoms. The molecule has 0 aromatic heterocycles. The maximum Gasteiger partial charge on any atom is 0.329 e. The molecule has 13 heteroatoms. The number of fused-ring (bicyclic) bond motifs is 3. The van der Waals surface area contributed by atoms with E-state index in [2.05, 4.69) is 32.0 Å². The molecule has 1 aliphatic carbocycles. The first-order valence-corrected chi connectivity index (χ1v) is 21.7. The van der Waals surface area contributed by atoms with Gasteiger partial charge in [-0.2, -0.15) is 0 Å². The van der Waals surface area contributed by atoms with Crippen LogP contribution >= 0.6 is 0 Å². The molecular weight excluding hydrogens is 744 g/mol. The molecule has 0 aromatic carbocycles. The van der Waals surface area contributed by atoms with E-state index in [0.29, 0.717) is 32.1 Å². The molecule has 3 heterocycles. The van der Waals surface area contributed by atoms with Gasteiger partial charge in [-0.3, -0.25) is 14.4 Å². The van der Waals surface area contributed by atoms with Crippen LogP contribution in [0.25, 0.3) is 0 Å². The standard InChI is InChI=1S/C45H74N2O11/c1-12-32-20-26(2)19-27(3)21-38(55-10)41-39(56-11)23-29(5)45(53,58-41)42(50)43(51)47-18-14-13-15-34(47)44(52)57-40(30(6)35(48)25-36(32)49)28(4)22-31-16-17-33(46(7)8)37(24-31)54-9/h20,22,27,29-35,37-41,48,53H,12-19,21,23-25H2,1-11H3. The average molecular weight is 819 g/mol. The summed E-state index contributed by atoms with van der Waals surface area (Å²) in [6.45, 7) is 11.4. The lowest BCUT2D eigenvalue weighted by atomic mass is 9.80. The number of likely N-dealkylation sites (N-methyl/N-ethyl adjacent to an activating group) is 1. The summed E-state index contributed by atoms with van der Waals surface area (Å²) in [4.78, 5) is 60.2. The quantitative estimate of drug-likeness (QED) is 0.200. The number of ether oxygens (including phenoxy) is 5. The van der Waals surface area contributed by atoms with E-state index < -0.39 is 77.8 Å². The van der Waals surface area contributed by atoms with Gasteiger partial charge < -0.3 is 43.7 Å². The molecule has 14 atom stereocenters. The number of hydrogen-bond acceptors (Lipinski definition) is 12. The molecule has 0 spiro atoms. The van der Waals surface area contributed by atoms with Crippen LogP contribution in [0.3, 0.4) is 0 Å². The van der Waals surface area contributed by atoms with E-state index in [4.69, 9.17) is 23.7 Å². The van der Waals surface area contributed by atoms with Gasteiger partial charge in [-0.15, -0.1) is 0 Å². The first-order chi connectivity index (χ1) is 27.4. The molecule has 3 aliphatic heterocycles. The second kappa shape index (κ2) is 21.3. The minimum Gasteiger partial charge on any atom is -0.456 e. The average Bonchev–Trinajstić information content (AvgIpc) is 3.20. The largest absolute Gasteiger partial charge is 0.456 e. The Morgan fingerprint density at radius 2 is 1.60 bits per heavy atom. The van der Waals surface area contributed by atoms with Gasteiger partial charge in [0.25, 0.3) is 11.7 Å². The van der Waals surface area contributed by atoms with Crippen molar-refractivity contribution in [3.05, 3.63) is 23.3 Å². The summed E-state index contributed by atoms with van der Waals surface area (Å²) >= 11 is 0. The molecule has 330 valence electrons. The highest BCUT2D eigenvalue weighted by Crippen LogP contribution is 2.39. The van der Waals surface area contributed by atoms with Crippen molar-refractivity contribution in [2.75, 3.05) is 42.0 Å². The number of methoxy groups -OCH3 is 3. The number of carbonyl (C=O) groups excluding carboxylic acids is 4. The summed E-state index contributed by atoms with van der Waals surface area (Å²) in [7, 11) is 8.91. The Morgan fingerprint density at radius 3 is 2.22 bits per heavy atom. The summed E-state index contributed by atoms with van der Waals surface area (Å²) in [6.07, 6.45) is 5.83. The van der Waals surface area contributed by atoms with Crippen molar-refractivity contribution in [3.63, 3.8) is 0 Å². The summed E-state index contributed by atoms with van der Waals surface area (Å²) in [5.41, 5.74) is 1.75. The molecule has 3 fully saturated rings. The normalized spacial score (nSPS) is 39.8. The van der Waals surface area contributed by atoms with E-state index >= 15 is 0 Å². The van der Waals surface area contributed by atoms with E-state index in [1.165, 1.54) is 4.90 Å². The van der Waals surface area contributed by atoms with Gasteiger partial charge in [0, 0.05) is 58.1 Å². The molecule has 4 rings (SSSR count). The van der Waals surface area contributed by atoms with Crippen LogP contribution in [0.2, 0.25) is 0 Å². The Labute approximate surface area is 347 Å². The molecular formula is C45H74N2O11. The maximum absolute atomic E-state index is 14.4. The highest BCUT2D eigenvalue weighted by molar-refractivity contribution is 6.39. The van der Waals surface area contributed by atoms with Crippen molar-refractivity contribution in [1.82, 2.24) is 9.80 Å². The van der Waals surface area contributed by atoms with Gasteiger partial charge in [0.05, 0.1) is 24.4 Å². The van der Waals surface area contributed by atoms with Gasteiger partial charge in [0.1, 0.15) is 24.0 Å². The van der Waals surface area contributed by atoms with Crippen LogP contribution in [-0.2, 0) is 42.9 Å². The molecule has 0 aromatic rings. The second-order valence-corrected chi connectivity index (χ2v) is 18.1. The Kier molecular flexibility index (Phi) is 17.7. The van der Waals surface area contributed by atoms with E-state index in [1.807, 2.05) is 26.8 Å². The fourth-order valence-corrected chi connectivity index (χ4v) is 9.98. The lowest BCUT2D eigenvalue weighted by Gasteiger charge is -2.47. The number of amides is 1. The van der Waals surface area contributed by atoms with Gasteiger partial charge in [-0.05, 0) is 110 Å². The minimum absolute atomic E-state index is 0.00983. The molecule has 2 bridgehead atoms. The fraction of sp³-hybridized carbons (Fsp3) is 0.822. The minimum atomic E-state index is -2.49. The zero-order valence-electron chi connectivity index (χ0n) is 37.1. The van der Waals surface area contributed by atoms with E-state index in [1.54, 1.807) is 35.2 Å². The SMILES string of the molecule is CCC1C=C(C)CC(C)CC(OC)C2OC(O)(C(=O)C(=O)N3CCCCC3C(=O)OC(C(C)=CC3CCC(N(C)C)C(OC)C3)C(C)C(O)CC1=O)C(C)CC2OC. The van der Waals surface area contributed by atoms with Crippen LogP contribution in [0.4, 0.5) is 0 Å². The maximum atomic E-state index is 14.4. The summed E-state index contributed by atoms with van der Waals surface area (Å²) in [5.74, 6) is -7.19. The van der Waals surface area contributed by atoms with Crippen molar-refractivity contribution >= 4 is 23.4 Å². The van der Waals surface area contributed by atoms with E-state index in [0.717, 1.165) is 30.4 Å². The van der Waals surface area contributed by atoms with Gasteiger partial charge >= 0.3 is 5.97 Å². The number of aliphatic hydroxyl groups excluding tert-OH is 1. The second-order valence-electron chi connectivity index (χ2n) is 18.1. The van der Waals surface area contributed by atoms with Crippen molar-refractivity contribution in [2.24, 2.45) is 29.6 Å². The molecule has 2 saturated heterocycles. The number of Topliss-reactive ketones (excluding diaryl/α,β-unsaturated/α-hetero) is 2. The van der Waals surface area contributed by atoms with Crippen LogP contribution in [0.1, 0.15) is 112 Å². The fourth-order valence-electron chi connectivity index (χ4n) is 9.98. The number of hydrogen-bond donors (Lipinski definition) is 2. The molecule has 0 radical (unpaired) electrons. The highest BCUT2D eigenvalue weighted by atomic mass is 16.7. The predicted molar refractivity (Wildman–Crippen MR) is 220 cm³/mol. The number of nitrogens with zero attached hydrogens (tertiary/aromatic N) is 2. The number of allylic oxidation sites excluding steroid dienone is 3. The third-order valence-electron chi connectivity index (χ3n) is 13.6. The third-order valence-corrected chi connectivity index (χ3v) is 13.6. The zero-order valence-corrected chi connectivity index (χ0v) is 37.1. The zero-order chi connectivity index (χ0) is 43.1. The lowest BCUT2D eigenvalue weighted by Crippen LogP contribution is -2.64. The lowest BCUT2D eigenvalue weighted by molar-refractivity contribution is -0.302. The van der Waals surface area contributed by atoms with Crippen LogP contribution in [0.5, 0.6) is 0 Å². The van der Waals surface area contributed by atoms with Gasteiger partial charge in [-0.25, -0.2) is 4.79 Å². The smallest absolute Gasteiger partial charge is 0.329 e. The summed E-state index contributed by atoms with van der Waals surface area (Å²) < 4.78 is 30.2. The number of piperidine rings is 1. The number of rotatable bonds is 7. The topological polar surface area (TPSA) is 161 Å². The molecule has 1 saturated carbocycles. The van der Waals surface area contributed by atoms with Gasteiger partial charge in [0.15, 0.2) is 0 Å². The summed E-state index contributed by atoms with van der Waals surface area (Å²) in [5, 5.41) is 23.8. The Bertz CT molecular complexity index is 1480. The van der Waals surface area contributed by atoms with Crippen LogP contribution in [-0.4, -0.2) is 140 Å². The van der Waals surface area contributed by atoms with Gasteiger partial charge in [0.2, 0.25) is 5.79 Å². The molecule has 13 nitrogen and oxygen atoms in total. The Hall–Kier alpha value is -2.52. The van der Waals surface area contributed by atoms with E-state index in [9.17, 15) is 29.4 Å². The molecule has 14 unspecified atom stereocenters. The molecule has 4 aliphatic rings. The Balaban J connectivity index is 1.76. The van der Waals surface area contributed by atoms with Gasteiger partial charge in [-0.1, -0.05) is 45.4 Å². The van der Waals surface area contributed by atoms with Crippen LogP contribution < -0.4 is 0 Å². The van der Waals surface area contributed by atoms with Crippen molar-refractivity contribution in [2.45, 2.75) is 167 Å². The van der Waals surface area contributed by atoms with Crippen LogP contribution in [0.15, 0.2) is 23.3 Å². The first kappa shape index (κ1) is 48.1. The first-order valence-electron chi connectivity index (χ1n) is 21.7. The molecule has 1 amide bonds. The van der Waals surface area contributed by atoms with Crippen molar-refractivity contribution in [1.29, 1.82) is 0 Å². The Morgan fingerprint density at radius 1 is 0.948 bits per heavy atom. The van der Waals surface area contributed by atoms with E-state index in [-0.39, 0.29) is 55.6 Å². The van der Waals surface area contributed by atoms with Crippen LogP contribution in [0, 0.1) is 29.6 Å². The van der Waals surface area contributed by atoms with Crippen molar-refractivity contribution in [3.8, 4) is 0 Å². The predicted octanol–water partition coefficient (Wildman–Crippen LogP) is 5.04. The third kappa shape index (κ3) is 11.2. The number of esters is 1. The number of aliphatic hydroxyl groups is 2. The molecule has 2 N–H and O–H groups in total. The van der Waals surface area contributed by atoms with Crippen molar-refractivity contribution < 1.29 is 53.1 Å². The highest BCUT2D eigenvalue weighted by Gasteiger charge is 2.56. The summed E-state index contributed by atoms with van der Waals surface area (Å²) in [6, 6.07) is -0.836. The number of cyclic esters (lactones) is 1. The number of carbonyl (C=O) groups is 4.